The van der Waals surface area contributed by atoms with Crippen molar-refractivity contribution in [2.24, 2.45) is 0 Å². The number of hydrogen-bond donors (Lipinski definition) is 1. The maximum atomic E-state index is 13.7. The average molecular weight is 496 g/mol. The van der Waals surface area contributed by atoms with Crippen molar-refractivity contribution in [3.8, 4) is 11.5 Å². The van der Waals surface area contributed by atoms with Gasteiger partial charge in [0.15, 0.2) is 17.3 Å². The summed E-state index contributed by atoms with van der Waals surface area (Å²) in [5.74, 6) is 1.32. The van der Waals surface area contributed by atoms with Gasteiger partial charge in [0, 0.05) is 30.0 Å². The number of Topliss-reactive ketones (excluding diaryl/α,β-unsaturated/α-hetero) is 1. The molecule has 0 saturated heterocycles. The number of benzene rings is 1. The number of methoxy groups -OCH3 is 2. The lowest BCUT2D eigenvalue weighted by atomic mass is 9.73. The Kier molecular flexibility index (Phi) is 7.84. The number of ether oxygens (including phenoxy) is 4. The third-order valence-corrected chi connectivity index (χ3v) is 6.64. The number of carbonyl (C=O) groups excluding carboxylic acids is 2. The molecule has 0 amide bonds. The zero-order chi connectivity index (χ0) is 25.8. The molecule has 0 spiro atoms. The van der Waals surface area contributed by atoms with Gasteiger partial charge in [-0.05, 0) is 62.9 Å². The van der Waals surface area contributed by atoms with E-state index in [4.69, 9.17) is 23.4 Å². The third kappa shape index (κ3) is 5.04. The first kappa shape index (κ1) is 25.6. The van der Waals surface area contributed by atoms with Crippen molar-refractivity contribution in [2.75, 3.05) is 34.0 Å². The smallest absolute Gasteiger partial charge is 0.336 e. The number of nitrogens with one attached hydrogen (secondary N) is 1. The van der Waals surface area contributed by atoms with Crippen LogP contribution in [0.2, 0.25) is 0 Å². The van der Waals surface area contributed by atoms with Crippen LogP contribution < -0.4 is 14.8 Å². The summed E-state index contributed by atoms with van der Waals surface area (Å²) < 4.78 is 27.6. The molecule has 36 heavy (non-hydrogen) atoms. The van der Waals surface area contributed by atoms with Gasteiger partial charge in [0.25, 0.3) is 0 Å². The fourth-order valence-electron chi connectivity index (χ4n) is 4.96. The first-order valence-corrected chi connectivity index (χ1v) is 12.1. The molecule has 2 atom stereocenters. The fraction of sp³-hybridized carbons (Fsp3) is 0.429. The summed E-state index contributed by atoms with van der Waals surface area (Å²) in [4.78, 5) is 26.8. The quantitative estimate of drug-likeness (QED) is 0.400. The summed E-state index contributed by atoms with van der Waals surface area (Å²) in [6, 6.07) is 9.40. The predicted molar refractivity (Wildman–Crippen MR) is 133 cm³/mol. The van der Waals surface area contributed by atoms with Crippen LogP contribution in [-0.4, -0.2) is 45.8 Å². The van der Waals surface area contributed by atoms with Gasteiger partial charge in [-0.15, -0.1) is 0 Å². The summed E-state index contributed by atoms with van der Waals surface area (Å²) in [6.07, 6.45) is 0.911. The van der Waals surface area contributed by atoms with Crippen LogP contribution in [0, 0.1) is 6.92 Å². The second-order valence-electron chi connectivity index (χ2n) is 8.91. The minimum atomic E-state index is -0.631. The highest BCUT2D eigenvalue weighted by Crippen LogP contribution is 2.46. The highest BCUT2D eigenvalue weighted by Gasteiger charge is 2.42. The Hall–Kier alpha value is -3.52. The summed E-state index contributed by atoms with van der Waals surface area (Å²) in [6.45, 7) is 6.54. The largest absolute Gasteiger partial charge is 0.493 e. The molecule has 1 aliphatic carbocycles. The molecule has 0 saturated carbocycles. The number of allylic oxidation sites excluding steroid dienone is 3. The Balaban J connectivity index is 1.68. The molecule has 2 heterocycles. The van der Waals surface area contributed by atoms with Crippen LogP contribution in [0.3, 0.4) is 0 Å². The molecule has 0 bridgehead atoms. The topological polar surface area (TPSA) is 96.2 Å². The SMILES string of the molecule is CCOCCOC(=O)C1=C(C)NC2=C(C(=O)C[C@@H](c3ccc(OC)c(OC)c3)C2)[C@H]1c1ccc(C)o1. The normalized spacial score (nSPS) is 19.6. The maximum absolute atomic E-state index is 13.7. The third-order valence-electron chi connectivity index (χ3n) is 6.64. The van der Waals surface area contributed by atoms with Crippen molar-refractivity contribution >= 4 is 11.8 Å². The van der Waals surface area contributed by atoms with E-state index in [-0.39, 0.29) is 18.3 Å². The van der Waals surface area contributed by atoms with E-state index >= 15 is 0 Å². The minimum absolute atomic E-state index is 0.0327. The van der Waals surface area contributed by atoms with Gasteiger partial charge in [0.05, 0.1) is 32.3 Å². The van der Waals surface area contributed by atoms with E-state index in [1.807, 2.05) is 51.1 Å². The van der Waals surface area contributed by atoms with Crippen molar-refractivity contribution in [1.29, 1.82) is 0 Å². The molecule has 1 aromatic carbocycles. The van der Waals surface area contributed by atoms with Crippen LogP contribution in [0.15, 0.2) is 57.3 Å². The number of rotatable bonds is 9. The van der Waals surface area contributed by atoms with E-state index in [1.165, 1.54) is 0 Å². The van der Waals surface area contributed by atoms with Crippen molar-refractivity contribution < 1.29 is 33.0 Å². The monoisotopic (exact) mass is 495 g/mol. The summed E-state index contributed by atoms with van der Waals surface area (Å²) in [5, 5.41) is 3.35. The maximum Gasteiger partial charge on any atom is 0.336 e. The van der Waals surface area contributed by atoms with Gasteiger partial charge >= 0.3 is 5.97 Å². The number of furan rings is 1. The van der Waals surface area contributed by atoms with Crippen molar-refractivity contribution in [3.05, 3.63) is 70.0 Å². The Labute approximate surface area is 211 Å². The first-order chi connectivity index (χ1) is 17.4. The van der Waals surface area contributed by atoms with Gasteiger partial charge in [-0.25, -0.2) is 4.79 Å². The molecular formula is C28H33NO7. The van der Waals surface area contributed by atoms with E-state index in [9.17, 15) is 9.59 Å². The lowest BCUT2D eigenvalue weighted by molar-refractivity contribution is -0.141. The van der Waals surface area contributed by atoms with Crippen molar-refractivity contribution in [3.63, 3.8) is 0 Å². The van der Waals surface area contributed by atoms with Gasteiger partial charge in [-0.3, -0.25) is 4.79 Å². The number of hydrogen-bond acceptors (Lipinski definition) is 8. The Bertz CT molecular complexity index is 1210. The first-order valence-electron chi connectivity index (χ1n) is 12.1. The zero-order valence-corrected chi connectivity index (χ0v) is 21.4. The second-order valence-corrected chi connectivity index (χ2v) is 8.91. The molecule has 2 aliphatic rings. The highest BCUT2D eigenvalue weighted by molar-refractivity contribution is 6.04. The Morgan fingerprint density at radius 1 is 1.06 bits per heavy atom. The molecule has 2 aromatic rings. The highest BCUT2D eigenvalue weighted by atomic mass is 16.6. The van der Waals surface area contributed by atoms with Crippen molar-refractivity contribution in [2.45, 2.75) is 45.4 Å². The van der Waals surface area contributed by atoms with Gasteiger partial charge in [-0.1, -0.05) is 6.07 Å². The van der Waals surface area contributed by atoms with Crippen molar-refractivity contribution in [1.82, 2.24) is 5.32 Å². The molecule has 1 aliphatic heterocycles. The molecule has 1 N–H and O–H groups in total. The number of aryl methyl sites for hydroxylation is 1. The molecule has 192 valence electrons. The van der Waals surface area contributed by atoms with E-state index in [1.54, 1.807) is 14.2 Å². The lowest BCUT2D eigenvalue weighted by Gasteiger charge is -2.35. The molecule has 0 radical (unpaired) electrons. The van der Waals surface area contributed by atoms with Crippen LogP contribution in [0.4, 0.5) is 0 Å². The van der Waals surface area contributed by atoms with E-state index < -0.39 is 11.9 Å². The Morgan fingerprint density at radius 2 is 1.83 bits per heavy atom. The van der Waals surface area contributed by atoms with Crippen LogP contribution >= 0.6 is 0 Å². The van der Waals surface area contributed by atoms with E-state index in [2.05, 4.69) is 5.32 Å². The fourth-order valence-corrected chi connectivity index (χ4v) is 4.96. The zero-order valence-electron chi connectivity index (χ0n) is 21.4. The van der Waals surface area contributed by atoms with Gasteiger partial charge in [0.1, 0.15) is 18.1 Å². The second kappa shape index (κ2) is 11.0. The van der Waals surface area contributed by atoms with Gasteiger partial charge < -0.3 is 28.7 Å². The molecule has 0 fully saturated rings. The number of carbonyl (C=O) groups is 2. The van der Waals surface area contributed by atoms with Crippen LogP contribution in [0.25, 0.3) is 0 Å². The van der Waals surface area contributed by atoms with Gasteiger partial charge in [0.2, 0.25) is 0 Å². The standard InChI is InChI=1S/C28H33NO7/c1-6-34-11-12-35-28(31)25-17(3)29-20-13-19(18-8-10-22(32-4)24(15-18)33-5)14-21(30)26(20)27(25)23-9-7-16(2)36-23/h7-10,15,19,27,29H,6,11-14H2,1-5H3/t19-,27-/m0/s1. The summed E-state index contributed by atoms with van der Waals surface area (Å²) >= 11 is 0. The lowest BCUT2D eigenvalue weighted by Crippen LogP contribution is -2.36. The molecule has 0 unspecified atom stereocenters. The molecule has 1 aromatic heterocycles. The molecule has 8 nitrogen and oxygen atoms in total. The minimum Gasteiger partial charge on any atom is -0.493 e. The summed E-state index contributed by atoms with van der Waals surface area (Å²) in [5.41, 5.74) is 3.38. The number of esters is 1. The van der Waals surface area contributed by atoms with Crippen LogP contribution in [0.1, 0.15) is 55.6 Å². The average Bonchev–Trinajstić information content (AvgIpc) is 3.30. The molecule has 8 heteroatoms. The van der Waals surface area contributed by atoms with Gasteiger partial charge in [-0.2, -0.15) is 0 Å². The number of ketones is 1. The van der Waals surface area contributed by atoms with Crippen LogP contribution in [0.5, 0.6) is 11.5 Å². The molecule has 4 rings (SSSR count). The predicted octanol–water partition coefficient (Wildman–Crippen LogP) is 4.55. The van der Waals surface area contributed by atoms with Crippen LogP contribution in [-0.2, 0) is 19.1 Å². The van der Waals surface area contributed by atoms with E-state index in [0.717, 1.165) is 11.3 Å². The molecular weight excluding hydrogens is 462 g/mol. The van der Waals surface area contributed by atoms with E-state index in [0.29, 0.717) is 65.9 Å². The number of dihydropyridines is 1. The Morgan fingerprint density at radius 3 is 2.50 bits per heavy atom. The summed E-state index contributed by atoms with van der Waals surface area (Å²) in [7, 11) is 3.19.